The average Bonchev–Trinajstić information content (AvgIpc) is 2.40. The first-order valence-electron chi connectivity index (χ1n) is 9.10. The van der Waals surface area contributed by atoms with Crippen LogP contribution in [0, 0.1) is 17.8 Å². The fraction of sp³-hybridized carbons (Fsp3) is 0.889. The number of hydrogen-bond donors (Lipinski definition) is 3. The molecule has 6 nitrogen and oxygen atoms in total. The number of amides is 2. The van der Waals surface area contributed by atoms with Gasteiger partial charge in [0.05, 0.1) is 6.61 Å². The minimum atomic E-state index is -0.965. The molecule has 6 heteroatoms. The molecule has 136 valence electrons. The molecule has 4 aliphatic rings. The second-order valence-corrected chi connectivity index (χ2v) is 9.07. The summed E-state index contributed by atoms with van der Waals surface area (Å²) in [5.41, 5.74) is -0.768. The van der Waals surface area contributed by atoms with E-state index in [0.717, 1.165) is 37.0 Å². The third kappa shape index (κ3) is 3.85. The Balaban J connectivity index is 1.60. The Bertz CT molecular complexity index is 476. The van der Waals surface area contributed by atoms with Crippen LogP contribution < -0.4 is 10.6 Å². The Labute approximate surface area is 143 Å². The molecule has 4 aliphatic carbocycles. The van der Waals surface area contributed by atoms with Crippen molar-refractivity contribution in [2.75, 3.05) is 6.61 Å². The van der Waals surface area contributed by atoms with Gasteiger partial charge in [0, 0.05) is 5.54 Å². The molecule has 4 saturated carbocycles. The fourth-order valence-electron chi connectivity index (χ4n) is 5.26. The molecule has 0 saturated heterocycles. The lowest BCUT2D eigenvalue weighted by atomic mass is 9.53. The molecule has 4 bridgehead atoms. The van der Waals surface area contributed by atoms with Gasteiger partial charge in [-0.3, -0.25) is 4.79 Å². The van der Waals surface area contributed by atoms with Crippen LogP contribution in [0.15, 0.2) is 0 Å². The summed E-state index contributed by atoms with van der Waals surface area (Å²) in [6, 6.07) is -0.965. The van der Waals surface area contributed by atoms with Crippen LogP contribution in [0.4, 0.5) is 4.79 Å². The Morgan fingerprint density at radius 2 is 1.62 bits per heavy atom. The first-order valence-corrected chi connectivity index (χ1v) is 9.10. The van der Waals surface area contributed by atoms with Gasteiger partial charge in [-0.25, -0.2) is 4.79 Å². The second kappa shape index (κ2) is 6.21. The average molecular weight is 338 g/mol. The van der Waals surface area contributed by atoms with Gasteiger partial charge in [0.25, 0.3) is 0 Å². The number of carbonyl (C=O) groups excluding carboxylic acids is 2. The topological polar surface area (TPSA) is 87.7 Å². The number of hydrogen-bond acceptors (Lipinski definition) is 4. The van der Waals surface area contributed by atoms with Crippen molar-refractivity contribution >= 4 is 12.0 Å². The zero-order valence-electron chi connectivity index (χ0n) is 14.9. The fourth-order valence-corrected chi connectivity index (χ4v) is 5.26. The van der Waals surface area contributed by atoms with Crippen LogP contribution in [-0.2, 0) is 9.53 Å². The van der Waals surface area contributed by atoms with E-state index in [4.69, 9.17) is 4.74 Å². The molecule has 0 aliphatic heterocycles. The van der Waals surface area contributed by atoms with Crippen LogP contribution in [0.3, 0.4) is 0 Å². The lowest BCUT2D eigenvalue weighted by molar-refractivity contribution is -0.129. The molecule has 0 radical (unpaired) electrons. The van der Waals surface area contributed by atoms with Crippen molar-refractivity contribution in [3.8, 4) is 0 Å². The van der Waals surface area contributed by atoms with Gasteiger partial charge in [-0.2, -0.15) is 0 Å². The lowest BCUT2D eigenvalue weighted by Crippen LogP contribution is -2.63. The molecule has 0 aromatic heterocycles. The highest BCUT2D eigenvalue weighted by Crippen LogP contribution is 2.55. The minimum Gasteiger partial charge on any atom is -0.444 e. The Morgan fingerprint density at radius 3 is 2.04 bits per heavy atom. The Morgan fingerprint density at radius 1 is 1.12 bits per heavy atom. The summed E-state index contributed by atoms with van der Waals surface area (Å²) in [5, 5.41) is 15.2. The van der Waals surface area contributed by atoms with Gasteiger partial charge in [-0.05, 0) is 77.0 Å². The van der Waals surface area contributed by atoms with Gasteiger partial charge in [-0.1, -0.05) is 0 Å². The summed E-state index contributed by atoms with van der Waals surface area (Å²) in [7, 11) is 0. The van der Waals surface area contributed by atoms with E-state index in [1.807, 2.05) is 0 Å². The summed E-state index contributed by atoms with van der Waals surface area (Å²) in [6.07, 6.45) is 6.33. The zero-order valence-corrected chi connectivity index (χ0v) is 14.9. The molecule has 0 unspecified atom stereocenters. The first kappa shape index (κ1) is 17.5. The molecular weight excluding hydrogens is 308 g/mol. The van der Waals surface area contributed by atoms with Crippen LogP contribution in [0.2, 0.25) is 0 Å². The zero-order chi connectivity index (χ0) is 17.5. The monoisotopic (exact) mass is 338 g/mol. The molecular formula is C18H30N2O4. The van der Waals surface area contributed by atoms with E-state index in [-0.39, 0.29) is 11.4 Å². The van der Waals surface area contributed by atoms with Crippen molar-refractivity contribution in [1.29, 1.82) is 0 Å². The lowest BCUT2D eigenvalue weighted by Gasteiger charge is -2.57. The summed E-state index contributed by atoms with van der Waals surface area (Å²) in [6.45, 7) is 4.85. The largest absolute Gasteiger partial charge is 0.444 e. The number of alkyl carbamates (subject to hydrolysis) is 1. The highest BCUT2D eigenvalue weighted by molar-refractivity contribution is 5.86. The molecule has 24 heavy (non-hydrogen) atoms. The van der Waals surface area contributed by atoms with Crippen molar-refractivity contribution in [3.63, 3.8) is 0 Å². The molecule has 0 aromatic rings. The van der Waals surface area contributed by atoms with Crippen LogP contribution in [0.5, 0.6) is 0 Å². The van der Waals surface area contributed by atoms with Gasteiger partial charge in [0.1, 0.15) is 11.6 Å². The Hall–Kier alpha value is -1.30. The highest BCUT2D eigenvalue weighted by atomic mass is 16.6. The standard InChI is InChI=1S/C18H30N2O4/c1-17(2,3)24-16(23)19-14(10-21)15(22)20-18-7-11-4-12(8-18)6-13(5-11)9-18/h11-14,21H,4-10H2,1-3H3,(H,19,23)(H,20,22)/t11?,12?,13?,14-,18?/m0/s1. The number of ether oxygens (including phenoxy) is 1. The molecule has 0 heterocycles. The smallest absolute Gasteiger partial charge is 0.408 e. The van der Waals surface area contributed by atoms with Crippen LogP contribution in [-0.4, -0.2) is 40.9 Å². The maximum Gasteiger partial charge on any atom is 0.408 e. The Kier molecular flexibility index (Phi) is 4.53. The number of rotatable bonds is 4. The predicted octanol–water partition coefficient (Wildman–Crippen LogP) is 1.96. The van der Waals surface area contributed by atoms with Crippen LogP contribution in [0.25, 0.3) is 0 Å². The van der Waals surface area contributed by atoms with Gasteiger partial charge in [-0.15, -0.1) is 0 Å². The van der Waals surface area contributed by atoms with E-state index in [9.17, 15) is 14.7 Å². The van der Waals surface area contributed by atoms with Crippen molar-refractivity contribution in [2.24, 2.45) is 17.8 Å². The second-order valence-electron chi connectivity index (χ2n) is 9.07. The molecule has 4 fully saturated rings. The summed E-state index contributed by atoms with van der Waals surface area (Å²) in [5.74, 6) is 1.87. The maximum absolute atomic E-state index is 12.6. The molecule has 3 N–H and O–H groups in total. The van der Waals surface area contributed by atoms with Gasteiger partial charge in [0.2, 0.25) is 5.91 Å². The number of aliphatic hydroxyl groups excluding tert-OH is 1. The first-order chi connectivity index (χ1) is 11.2. The molecule has 0 spiro atoms. The third-order valence-corrected chi connectivity index (χ3v) is 5.62. The van der Waals surface area contributed by atoms with Crippen molar-refractivity contribution in [2.45, 2.75) is 76.5 Å². The van der Waals surface area contributed by atoms with E-state index < -0.39 is 24.3 Å². The third-order valence-electron chi connectivity index (χ3n) is 5.62. The SMILES string of the molecule is CC(C)(C)OC(=O)N[C@@H](CO)C(=O)NC12CC3CC(CC(C3)C1)C2. The van der Waals surface area contributed by atoms with E-state index in [2.05, 4.69) is 10.6 Å². The van der Waals surface area contributed by atoms with Gasteiger partial charge < -0.3 is 20.5 Å². The maximum atomic E-state index is 12.6. The van der Waals surface area contributed by atoms with Crippen molar-refractivity contribution in [3.05, 3.63) is 0 Å². The normalized spacial score (nSPS) is 35.4. The number of nitrogens with one attached hydrogen (secondary N) is 2. The van der Waals surface area contributed by atoms with E-state index in [0.29, 0.717) is 0 Å². The van der Waals surface area contributed by atoms with Gasteiger partial charge >= 0.3 is 6.09 Å². The van der Waals surface area contributed by atoms with E-state index in [1.54, 1.807) is 20.8 Å². The van der Waals surface area contributed by atoms with Crippen molar-refractivity contribution < 1.29 is 19.4 Å². The molecule has 0 aromatic carbocycles. The van der Waals surface area contributed by atoms with E-state index >= 15 is 0 Å². The summed E-state index contributed by atoms with van der Waals surface area (Å²) in [4.78, 5) is 24.5. The quantitative estimate of drug-likeness (QED) is 0.731. The van der Waals surface area contributed by atoms with Crippen LogP contribution in [0.1, 0.15) is 59.3 Å². The van der Waals surface area contributed by atoms with Crippen molar-refractivity contribution in [1.82, 2.24) is 10.6 Å². The molecule has 2 amide bonds. The van der Waals surface area contributed by atoms with E-state index in [1.165, 1.54) is 19.3 Å². The molecule has 4 rings (SSSR count). The molecule has 1 atom stereocenters. The van der Waals surface area contributed by atoms with Gasteiger partial charge in [0.15, 0.2) is 0 Å². The highest BCUT2D eigenvalue weighted by Gasteiger charge is 2.51. The minimum absolute atomic E-state index is 0.130. The number of aliphatic hydroxyl groups is 1. The van der Waals surface area contributed by atoms with Crippen LogP contribution >= 0.6 is 0 Å². The predicted molar refractivity (Wildman–Crippen MR) is 89.3 cm³/mol. The summed E-state index contributed by atoms with van der Waals surface area (Å²) < 4.78 is 5.17. The summed E-state index contributed by atoms with van der Waals surface area (Å²) >= 11 is 0. The number of carbonyl (C=O) groups is 2.